The van der Waals surface area contributed by atoms with Gasteiger partial charge in [0, 0.05) is 6.08 Å². The quantitative estimate of drug-likeness (QED) is 0.160. The lowest BCUT2D eigenvalue weighted by Gasteiger charge is -2.32. The summed E-state index contributed by atoms with van der Waals surface area (Å²) < 4.78 is 0. The van der Waals surface area contributed by atoms with Gasteiger partial charge in [0.1, 0.15) is 0 Å². The van der Waals surface area contributed by atoms with Crippen LogP contribution in [0.4, 0.5) is 0 Å². The van der Waals surface area contributed by atoms with E-state index in [1.165, 1.54) is 32.3 Å². The molecule has 0 bridgehead atoms. The minimum atomic E-state index is -1.44. The molecule has 0 heterocycles. The van der Waals surface area contributed by atoms with Crippen LogP contribution in [0.2, 0.25) is 0 Å². The topological polar surface area (TPSA) is 78.4 Å². The van der Waals surface area contributed by atoms with Crippen molar-refractivity contribution in [1.29, 1.82) is 0 Å². The van der Waals surface area contributed by atoms with Crippen molar-refractivity contribution in [2.24, 2.45) is 0 Å². The van der Waals surface area contributed by atoms with Crippen molar-refractivity contribution in [3.8, 4) is 0 Å². The summed E-state index contributed by atoms with van der Waals surface area (Å²) in [5, 5.41) is 15.5. The van der Waals surface area contributed by atoms with Gasteiger partial charge in [-0.3, -0.25) is 14.9 Å². The predicted octanol–water partition coefficient (Wildman–Crippen LogP) is 2.46. The Morgan fingerprint density at radius 3 is 2.39 bits per heavy atom. The first kappa shape index (κ1) is 21.5. The van der Waals surface area contributed by atoms with Crippen LogP contribution in [0.5, 0.6) is 0 Å². The Morgan fingerprint density at radius 1 is 1.17 bits per heavy atom. The zero-order valence-electron chi connectivity index (χ0n) is 14.7. The highest BCUT2D eigenvalue weighted by molar-refractivity contribution is 5.91. The number of carbonyl (C=O) groups excluding carboxylic acids is 2. The summed E-state index contributed by atoms with van der Waals surface area (Å²) in [7, 11) is 0. The van der Waals surface area contributed by atoms with Gasteiger partial charge in [0.2, 0.25) is 5.91 Å². The molecular formula is C18H32N2O3. The lowest BCUT2D eigenvalue weighted by Crippen LogP contribution is -2.66. The third kappa shape index (κ3) is 9.31. The summed E-state index contributed by atoms with van der Waals surface area (Å²) in [6.45, 7) is 6.07. The standard InChI is InChI=1S/C18H32N2O3/c1-4-6-8-9-10-12-14-19-18(15-21,16(3)22)20-17(23)13-11-7-5-2/h5,7,11,13,15-16,19,22H,4,6,8-10,12,14H2,1-3H3,(H,20,23)/b7-5+,13-11+/t16-,18-/m1/s1. The summed E-state index contributed by atoms with van der Waals surface area (Å²) in [6.07, 6.45) is 12.8. The summed E-state index contributed by atoms with van der Waals surface area (Å²) in [4.78, 5) is 23.3. The molecular weight excluding hydrogens is 292 g/mol. The SMILES string of the molecule is C/C=C/C=C/C(=O)N[C@@](C=O)(NCCCCCCCC)[C@@H](C)O. The van der Waals surface area contributed by atoms with Crippen molar-refractivity contribution in [1.82, 2.24) is 10.6 Å². The summed E-state index contributed by atoms with van der Waals surface area (Å²) in [5.41, 5.74) is -1.44. The van der Waals surface area contributed by atoms with Gasteiger partial charge in [-0.1, -0.05) is 57.3 Å². The highest BCUT2D eigenvalue weighted by atomic mass is 16.3. The largest absolute Gasteiger partial charge is 0.389 e. The molecule has 0 aromatic rings. The molecule has 1 amide bonds. The molecule has 0 unspecified atom stereocenters. The van der Waals surface area contributed by atoms with Gasteiger partial charge in [-0.15, -0.1) is 0 Å². The second-order valence-electron chi connectivity index (χ2n) is 5.73. The summed E-state index contributed by atoms with van der Waals surface area (Å²) >= 11 is 0. The number of nitrogens with one attached hydrogen (secondary N) is 2. The van der Waals surface area contributed by atoms with Crippen molar-refractivity contribution in [3.05, 3.63) is 24.3 Å². The van der Waals surface area contributed by atoms with E-state index in [2.05, 4.69) is 17.6 Å². The fraction of sp³-hybridized carbons (Fsp3) is 0.667. The van der Waals surface area contributed by atoms with Crippen LogP contribution in [0.1, 0.15) is 59.3 Å². The zero-order valence-corrected chi connectivity index (χ0v) is 14.7. The lowest BCUT2D eigenvalue weighted by molar-refractivity contribution is -0.128. The second kappa shape index (κ2) is 13.0. The van der Waals surface area contributed by atoms with Gasteiger partial charge in [-0.25, -0.2) is 0 Å². The van der Waals surface area contributed by atoms with E-state index in [9.17, 15) is 14.7 Å². The first-order valence-corrected chi connectivity index (χ1v) is 8.53. The maximum atomic E-state index is 11.9. The monoisotopic (exact) mass is 324 g/mol. The Balaban J connectivity index is 4.43. The molecule has 0 radical (unpaired) electrons. The zero-order chi connectivity index (χ0) is 17.6. The number of hydrogen-bond donors (Lipinski definition) is 3. The second-order valence-corrected chi connectivity index (χ2v) is 5.73. The average Bonchev–Trinajstić information content (AvgIpc) is 2.52. The third-order valence-corrected chi connectivity index (χ3v) is 3.67. The van der Waals surface area contributed by atoms with Crippen molar-refractivity contribution in [2.75, 3.05) is 6.54 Å². The van der Waals surface area contributed by atoms with Crippen molar-refractivity contribution < 1.29 is 14.7 Å². The van der Waals surface area contributed by atoms with Crippen LogP contribution in [-0.2, 0) is 9.59 Å². The van der Waals surface area contributed by atoms with Gasteiger partial charge in [0.25, 0.3) is 0 Å². The molecule has 132 valence electrons. The van der Waals surface area contributed by atoms with Crippen molar-refractivity contribution in [3.63, 3.8) is 0 Å². The van der Waals surface area contributed by atoms with Crippen LogP contribution < -0.4 is 10.6 Å². The van der Waals surface area contributed by atoms with Crippen LogP contribution in [0.15, 0.2) is 24.3 Å². The molecule has 0 aliphatic heterocycles. The van der Waals surface area contributed by atoms with E-state index < -0.39 is 17.7 Å². The molecule has 2 atom stereocenters. The Morgan fingerprint density at radius 2 is 1.83 bits per heavy atom. The lowest BCUT2D eigenvalue weighted by atomic mass is 10.0. The molecule has 0 spiro atoms. The van der Waals surface area contributed by atoms with Gasteiger partial charge in [0.05, 0.1) is 6.10 Å². The minimum absolute atomic E-state index is 0.424. The number of hydrogen-bond acceptors (Lipinski definition) is 4. The van der Waals surface area contributed by atoms with Crippen LogP contribution >= 0.6 is 0 Å². The van der Waals surface area contributed by atoms with Crippen molar-refractivity contribution >= 4 is 12.2 Å². The Labute approximate surface area is 140 Å². The van der Waals surface area contributed by atoms with Crippen LogP contribution in [0.25, 0.3) is 0 Å². The minimum Gasteiger partial charge on any atom is -0.389 e. The predicted molar refractivity (Wildman–Crippen MR) is 94.0 cm³/mol. The molecule has 5 nitrogen and oxygen atoms in total. The molecule has 0 aliphatic rings. The fourth-order valence-corrected chi connectivity index (χ4v) is 2.17. The van der Waals surface area contributed by atoms with E-state index in [-0.39, 0.29) is 0 Å². The van der Waals surface area contributed by atoms with Gasteiger partial charge in [-0.2, -0.15) is 0 Å². The van der Waals surface area contributed by atoms with Crippen molar-refractivity contribution in [2.45, 2.75) is 71.1 Å². The molecule has 0 aromatic heterocycles. The molecule has 23 heavy (non-hydrogen) atoms. The van der Waals surface area contributed by atoms with Gasteiger partial charge < -0.3 is 10.4 Å². The molecule has 3 N–H and O–H groups in total. The number of allylic oxidation sites excluding steroid dienone is 3. The number of aliphatic hydroxyl groups is 1. The molecule has 0 saturated heterocycles. The maximum absolute atomic E-state index is 11.9. The van der Waals surface area contributed by atoms with E-state index in [4.69, 9.17) is 0 Å². The van der Waals surface area contributed by atoms with Gasteiger partial charge in [0.15, 0.2) is 11.9 Å². The Bertz CT molecular complexity index is 392. The van der Waals surface area contributed by atoms with Crippen LogP contribution in [0.3, 0.4) is 0 Å². The summed E-state index contributed by atoms with van der Waals surface area (Å²) in [5.74, 6) is -0.424. The number of rotatable bonds is 13. The normalized spacial score (nSPS) is 15.7. The van der Waals surface area contributed by atoms with E-state index in [0.717, 1.165) is 19.3 Å². The van der Waals surface area contributed by atoms with E-state index in [1.807, 2.05) is 6.92 Å². The smallest absolute Gasteiger partial charge is 0.245 e. The Hall–Kier alpha value is -1.46. The van der Waals surface area contributed by atoms with Gasteiger partial charge >= 0.3 is 0 Å². The molecule has 0 saturated carbocycles. The number of aldehydes is 1. The highest BCUT2D eigenvalue weighted by Crippen LogP contribution is 2.07. The van der Waals surface area contributed by atoms with Crippen LogP contribution in [-0.4, -0.2) is 35.6 Å². The van der Waals surface area contributed by atoms with E-state index >= 15 is 0 Å². The molecule has 5 heteroatoms. The third-order valence-electron chi connectivity index (χ3n) is 3.67. The van der Waals surface area contributed by atoms with E-state index in [1.54, 1.807) is 18.2 Å². The van der Waals surface area contributed by atoms with E-state index in [0.29, 0.717) is 12.8 Å². The average molecular weight is 324 g/mol. The van der Waals surface area contributed by atoms with Gasteiger partial charge in [-0.05, 0) is 26.8 Å². The fourth-order valence-electron chi connectivity index (χ4n) is 2.17. The first-order chi connectivity index (χ1) is 11.0. The first-order valence-electron chi connectivity index (χ1n) is 8.53. The summed E-state index contributed by atoms with van der Waals surface area (Å²) in [6, 6.07) is 0. The molecule has 0 rings (SSSR count). The number of aliphatic hydroxyl groups excluding tert-OH is 1. The molecule has 0 aromatic carbocycles. The highest BCUT2D eigenvalue weighted by Gasteiger charge is 2.35. The number of carbonyl (C=O) groups is 2. The number of unbranched alkanes of at least 4 members (excludes halogenated alkanes) is 5. The molecule has 0 fully saturated rings. The number of amides is 1. The van der Waals surface area contributed by atoms with Crippen LogP contribution in [0, 0.1) is 0 Å². The molecule has 0 aliphatic carbocycles. The maximum Gasteiger partial charge on any atom is 0.245 e. The Kier molecular flexibility index (Phi) is 12.2.